The third kappa shape index (κ3) is 8.07. The van der Waals surface area contributed by atoms with Gasteiger partial charge < -0.3 is 20.5 Å². The number of halogens is 2. The molecule has 6 nitrogen and oxygen atoms in total. The van der Waals surface area contributed by atoms with Gasteiger partial charge in [-0.2, -0.15) is 0 Å². The van der Waals surface area contributed by atoms with Crippen molar-refractivity contribution in [1.29, 1.82) is 0 Å². The highest BCUT2D eigenvalue weighted by molar-refractivity contribution is 9.10. The molecule has 3 rings (SSSR count). The zero-order valence-electron chi connectivity index (χ0n) is 18.1. The zero-order valence-corrected chi connectivity index (χ0v) is 21.2. The second kappa shape index (κ2) is 12.8. The van der Waals surface area contributed by atoms with Gasteiger partial charge in [0.2, 0.25) is 0 Å². The minimum Gasteiger partial charge on any atom is -0.363 e. The first kappa shape index (κ1) is 24.5. The molecule has 0 aliphatic heterocycles. The molecule has 0 unspecified atom stereocenters. The molecule has 2 aromatic heterocycles. The van der Waals surface area contributed by atoms with E-state index in [9.17, 15) is 0 Å². The second-order valence-corrected chi connectivity index (χ2v) is 9.29. The highest BCUT2D eigenvalue weighted by atomic mass is 79.9. The number of nitrogens with one attached hydrogen (secondary N) is 3. The van der Waals surface area contributed by atoms with E-state index in [0.29, 0.717) is 5.11 Å². The van der Waals surface area contributed by atoms with Gasteiger partial charge in [-0.3, -0.25) is 0 Å². The van der Waals surface area contributed by atoms with Crippen molar-refractivity contribution in [3.05, 3.63) is 75.4 Å². The quantitative estimate of drug-likeness (QED) is 0.237. The number of aromatic nitrogens is 3. The molecule has 0 aliphatic rings. The molecule has 0 fully saturated rings. The van der Waals surface area contributed by atoms with Crippen LogP contribution in [0.25, 0.3) is 0 Å². The third-order valence-electron chi connectivity index (χ3n) is 5.01. The SMILES string of the molecule is Cc1cc(CN(CCCCNC(=S)NCCc2cnc[nH]2)c2ccc(Br)cn2)ccc1Cl. The molecule has 170 valence electrons. The molecule has 0 amide bonds. The van der Waals surface area contributed by atoms with E-state index in [1.165, 1.54) is 5.56 Å². The number of nitrogens with zero attached hydrogens (tertiary/aromatic N) is 3. The highest BCUT2D eigenvalue weighted by Gasteiger charge is 2.10. The van der Waals surface area contributed by atoms with Crippen LogP contribution in [0.3, 0.4) is 0 Å². The number of hydrogen-bond acceptors (Lipinski definition) is 4. The number of H-pyrrole nitrogens is 1. The van der Waals surface area contributed by atoms with Crippen LogP contribution in [0, 0.1) is 6.92 Å². The van der Waals surface area contributed by atoms with E-state index in [1.807, 2.05) is 37.5 Å². The maximum absolute atomic E-state index is 6.20. The summed E-state index contributed by atoms with van der Waals surface area (Å²) in [5, 5.41) is 8.00. The number of rotatable bonds is 11. The summed E-state index contributed by atoms with van der Waals surface area (Å²) in [6.07, 6.45) is 8.25. The number of unbranched alkanes of at least 4 members (excludes halogenated alkanes) is 1. The molecule has 9 heteroatoms. The predicted octanol–water partition coefficient (Wildman–Crippen LogP) is 5.02. The lowest BCUT2D eigenvalue weighted by Crippen LogP contribution is -2.37. The minimum atomic E-state index is 0.688. The fourth-order valence-electron chi connectivity index (χ4n) is 3.28. The van der Waals surface area contributed by atoms with Crippen LogP contribution >= 0.6 is 39.7 Å². The summed E-state index contributed by atoms with van der Waals surface area (Å²) in [5.74, 6) is 0.963. The molecule has 2 heterocycles. The van der Waals surface area contributed by atoms with Gasteiger partial charge in [0, 0.05) is 60.2 Å². The molecular formula is C23H28BrClN6S. The van der Waals surface area contributed by atoms with E-state index in [-0.39, 0.29) is 0 Å². The van der Waals surface area contributed by atoms with Gasteiger partial charge in [0.15, 0.2) is 5.11 Å². The maximum Gasteiger partial charge on any atom is 0.166 e. The lowest BCUT2D eigenvalue weighted by Gasteiger charge is -2.24. The van der Waals surface area contributed by atoms with Crippen LogP contribution in [0.1, 0.15) is 29.7 Å². The van der Waals surface area contributed by atoms with Gasteiger partial charge in [-0.25, -0.2) is 9.97 Å². The Balaban J connectivity index is 1.44. The Morgan fingerprint density at radius 1 is 1.16 bits per heavy atom. The molecular weight excluding hydrogens is 508 g/mol. The Morgan fingerprint density at radius 2 is 2.00 bits per heavy atom. The fourth-order valence-corrected chi connectivity index (χ4v) is 3.84. The fraction of sp³-hybridized carbons (Fsp3) is 0.348. The third-order valence-corrected chi connectivity index (χ3v) is 6.19. The lowest BCUT2D eigenvalue weighted by atomic mass is 10.1. The van der Waals surface area contributed by atoms with Gasteiger partial charge in [-0.15, -0.1) is 0 Å². The first-order valence-electron chi connectivity index (χ1n) is 10.6. The number of pyridine rings is 1. The summed E-state index contributed by atoms with van der Waals surface area (Å²) in [5.41, 5.74) is 3.40. The van der Waals surface area contributed by atoms with E-state index >= 15 is 0 Å². The van der Waals surface area contributed by atoms with Gasteiger partial charge >= 0.3 is 0 Å². The maximum atomic E-state index is 6.20. The van der Waals surface area contributed by atoms with Crippen molar-refractivity contribution in [3.63, 3.8) is 0 Å². The predicted molar refractivity (Wildman–Crippen MR) is 139 cm³/mol. The van der Waals surface area contributed by atoms with Gasteiger partial charge in [-0.1, -0.05) is 23.7 Å². The Bertz CT molecular complexity index is 981. The van der Waals surface area contributed by atoms with E-state index in [1.54, 1.807) is 6.33 Å². The van der Waals surface area contributed by atoms with Crippen molar-refractivity contribution in [2.45, 2.75) is 32.7 Å². The molecule has 3 N–H and O–H groups in total. The van der Waals surface area contributed by atoms with Gasteiger partial charge in [0.05, 0.1) is 6.33 Å². The molecule has 0 saturated heterocycles. The number of hydrogen-bond donors (Lipinski definition) is 3. The normalized spacial score (nSPS) is 10.7. The van der Waals surface area contributed by atoms with Crippen LogP contribution in [0.2, 0.25) is 5.02 Å². The molecule has 0 saturated carbocycles. The average Bonchev–Trinajstić information content (AvgIpc) is 3.29. The van der Waals surface area contributed by atoms with Gasteiger partial charge in [-0.05, 0) is 77.2 Å². The highest BCUT2D eigenvalue weighted by Crippen LogP contribution is 2.21. The summed E-state index contributed by atoms with van der Waals surface area (Å²) in [4.78, 5) is 14.0. The zero-order chi connectivity index (χ0) is 22.8. The Labute approximate surface area is 208 Å². The van der Waals surface area contributed by atoms with Crippen molar-refractivity contribution in [1.82, 2.24) is 25.6 Å². The number of imidazole rings is 1. The summed E-state index contributed by atoms with van der Waals surface area (Å²) < 4.78 is 0.973. The van der Waals surface area contributed by atoms with Crippen molar-refractivity contribution < 1.29 is 0 Å². The molecule has 3 aromatic rings. The first-order chi connectivity index (χ1) is 15.5. The summed E-state index contributed by atoms with van der Waals surface area (Å²) in [7, 11) is 0. The second-order valence-electron chi connectivity index (χ2n) is 7.56. The van der Waals surface area contributed by atoms with Crippen LogP contribution < -0.4 is 15.5 Å². The average molecular weight is 536 g/mol. The monoisotopic (exact) mass is 534 g/mol. The number of aromatic amines is 1. The van der Waals surface area contributed by atoms with E-state index in [0.717, 1.165) is 72.0 Å². The van der Waals surface area contributed by atoms with Gasteiger partial charge in [0.25, 0.3) is 0 Å². The summed E-state index contributed by atoms with van der Waals surface area (Å²) in [6.45, 7) is 5.33. The summed E-state index contributed by atoms with van der Waals surface area (Å²) >= 11 is 15.0. The molecule has 0 atom stereocenters. The topological polar surface area (TPSA) is 68.9 Å². The lowest BCUT2D eigenvalue weighted by molar-refractivity contribution is 0.662. The van der Waals surface area contributed by atoms with Crippen LogP contribution in [0.5, 0.6) is 0 Å². The van der Waals surface area contributed by atoms with Crippen molar-refractivity contribution >= 4 is 50.7 Å². The molecule has 0 spiro atoms. The molecule has 32 heavy (non-hydrogen) atoms. The molecule has 0 bridgehead atoms. The van der Waals surface area contributed by atoms with Crippen molar-refractivity contribution in [2.24, 2.45) is 0 Å². The van der Waals surface area contributed by atoms with Crippen LogP contribution in [-0.2, 0) is 13.0 Å². The molecule has 1 aromatic carbocycles. The summed E-state index contributed by atoms with van der Waals surface area (Å²) in [6, 6.07) is 10.3. The molecule has 0 radical (unpaired) electrons. The first-order valence-corrected chi connectivity index (χ1v) is 12.2. The number of aryl methyl sites for hydroxylation is 1. The number of anilines is 1. The van der Waals surface area contributed by atoms with Crippen molar-refractivity contribution in [3.8, 4) is 0 Å². The largest absolute Gasteiger partial charge is 0.363 e. The van der Waals surface area contributed by atoms with Crippen molar-refractivity contribution in [2.75, 3.05) is 24.5 Å². The van der Waals surface area contributed by atoms with E-state index in [4.69, 9.17) is 23.8 Å². The Kier molecular flexibility index (Phi) is 9.77. The van der Waals surface area contributed by atoms with Crippen LogP contribution in [0.15, 0.2) is 53.5 Å². The smallest absolute Gasteiger partial charge is 0.166 e. The minimum absolute atomic E-state index is 0.688. The van der Waals surface area contributed by atoms with E-state index < -0.39 is 0 Å². The van der Waals surface area contributed by atoms with Crippen LogP contribution in [-0.4, -0.2) is 39.7 Å². The number of thiocarbonyl (C=S) groups is 1. The number of benzene rings is 1. The van der Waals surface area contributed by atoms with Gasteiger partial charge in [0.1, 0.15) is 5.82 Å². The Morgan fingerprint density at radius 3 is 2.72 bits per heavy atom. The molecule has 0 aliphatic carbocycles. The standard InChI is InChI=1S/C23H28BrClN6S/c1-17-12-18(4-6-21(17)25)15-31(22-7-5-19(24)13-29-22)11-3-2-9-27-23(32)28-10-8-20-14-26-16-30-20/h4-7,12-14,16H,2-3,8-11,15H2,1H3,(H,26,30)(H2,27,28,32). The van der Waals surface area contributed by atoms with Crippen LogP contribution in [0.4, 0.5) is 5.82 Å². The van der Waals surface area contributed by atoms with E-state index in [2.05, 4.69) is 58.5 Å². The Hall–Kier alpha value is -2.16.